The molecule has 2 aromatic rings. The quantitative estimate of drug-likeness (QED) is 0.680. The molecule has 0 radical (unpaired) electrons. The first kappa shape index (κ1) is 18.5. The minimum Gasteiger partial charge on any atom is -0.355 e. The first-order chi connectivity index (χ1) is 13.1. The summed E-state index contributed by atoms with van der Waals surface area (Å²) in [6.45, 7) is 4.55. The van der Waals surface area contributed by atoms with Crippen molar-refractivity contribution in [2.45, 2.75) is 48.9 Å². The van der Waals surface area contributed by atoms with Crippen LogP contribution in [0, 0.1) is 22.7 Å². The molecule has 0 bridgehead atoms. The lowest BCUT2D eigenvalue weighted by atomic mass is 9.71. The number of pyridine rings is 1. The number of aromatic nitrogens is 3. The summed E-state index contributed by atoms with van der Waals surface area (Å²) in [4.78, 5) is 16.2. The van der Waals surface area contributed by atoms with E-state index < -0.39 is 0 Å². The molecule has 2 aliphatic rings. The highest BCUT2D eigenvalue weighted by atomic mass is 35.5. The number of nitriles is 1. The predicted octanol–water partition coefficient (Wildman–Crippen LogP) is 4.95. The predicted molar refractivity (Wildman–Crippen MR) is 107 cm³/mol. The lowest BCUT2D eigenvalue weighted by Gasteiger charge is -2.42. The summed E-state index contributed by atoms with van der Waals surface area (Å²) in [7, 11) is 0. The molecule has 1 atom stereocenters. The Kier molecular flexibility index (Phi) is 5.25. The molecule has 1 aliphatic carbocycles. The van der Waals surface area contributed by atoms with Crippen LogP contribution in [0.15, 0.2) is 34.6 Å². The Balaban J connectivity index is 1.43. The van der Waals surface area contributed by atoms with Crippen molar-refractivity contribution in [2.24, 2.45) is 11.3 Å². The van der Waals surface area contributed by atoms with Crippen LogP contribution >= 0.6 is 23.4 Å². The van der Waals surface area contributed by atoms with E-state index in [-0.39, 0.29) is 5.15 Å². The van der Waals surface area contributed by atoms with E-state index in [1.165, 1.54) is 43.9 Å². The molecule has 7 heteroatoms. The van der Waals surface area contributed by atoms with Gasteiger partial charge in [-0.1, -0.05) is 43.1 Å². The number of piperidine rings is 1. The highest BCUT2D eigenvalue weighted by molar-refractivity contribution is 7.99. The van der Waals surface area contributed by atoms with Crippen molar-refractivity contribution in [3.8, 4) is 6.07 Å². The first-order valence-electron chi connectivity index (χ1n) is 9.41. The largest absolute Gasteiger partial charge is 0.355 e. The maximum Gasteiger partial charge on any atom is 0.147 e. The zero-order valence-electron chi connectivity index (χ0n) is 15.4. The van der Waals surface area contributed by atoms with Gasteiger partial charge in [-0.3, -0.25) is 0 Å². The van der Waals surface area contributed by atoms with Crippen LogP contribution in [0.5, 0.6) is 0 Å². The Hall–Kier alpha value is -1.84. The van der Waals surface area contributed by atoms with Crippen molar-refractivity contribution in [3.63, 3.8) is 0 Å². The second-order valence-corrected chi connectivity index (χ2v) is 8.96. The van der Waals surface area contributed by atoms with E-state index in [1.54, 1.807) is 18.5 Å². The fourth-order valence-electron chi connectivity index (χ4n) is 4.48. The Morgan fingerprint density at radius 1 is 1.22 bits per heavy atom. The van der Waals surface area contributed by atoms with Crippen molar-refractivity contribution in [1.82, 2.24) is 15.0 Å². The van der Waals surface area contributed by atoms with Gasteiger partial charge < -0.3 is 4.90 Å². The van der Waals surface area contributed by atoms with E-state index >= 15 is 0 Å². The number of hydrogen-bond acceptors (Lipinski definition) is 6. The molecule has 5 nitrogen and oxygen atoms in total. The highest BCUT2D eigenvalue weighted by Crippen LogP contribution is 2.50. The molecular formula is C20H22ClN5S. The fourth-order valence-corrected chi connectivity index (χ4v) is 5.55. The van der Waals surface area contributed by atoms with E-state index in [9.17, 15) is 5.26 Å². The van der Waals surface area contributed by atoms with Crippen LogP contribution in [-0.4, -0.2) is 28.0 Å². The van der Waals surface area contributed by atoms with Gasteiger partial charge >= 0.3 is 0 Å². The van der Waals surface area contributed by atoms with Crippen LogP contribution in [0.2, 0.25) is 5.15 Å². The third-order valence-corrected chi connectivity index (χ3v) is 7.51. The van der Waals surface area contributed by atoms with Gasteiger partial charge in [-0.05, 0) is 36.7 Å². The van der Waals surface area contributed by atoms with Crippen LogP contribution in [0.3, 0.4) is 0 Å². The molecule has 4 rings (SSSR count). The molecule has 27 heavy (non-hydrogen) atoms. The van der Waals surface area contributed by atoms with Crippen molar-refractivity contribution in [2.75, 3.05) is 18.0 Å². The van der Waals surface area contributed by atoms with Crippen molar-refractivity contribution < 1.29 is 0 Å². The van der Waals surface area contributed by atoms with Gasteiger partial charge in [0.25, 0.3) is 0 Å². The molecule has 140 valence electrons. The summed E-state index contributed by atoms with van der Waals surface area (Å²) in [5.74, 6) is 1.79. The molecule has 0 aromatic carbocycles. The average molecular weight is 400 g/mol. The van der Waals surface area contributed by atoms with Gasteiger partial charge in [-0.2, -0.15) is 5.26 Å². The van der Waals surface area contributed by atoms with Crippen molar-refractivity contribution in [1.29, 1.82) is 5.26 Å². The number of halogens is 1. The van der Waals surface area contributed by atoms with E-state index in [4.69, 9.17) is 11.6 Å². The third-order valence-electron chi connectivity index (χ3n) is 6.25. The highest BCUT2D eigenvalue weighted by Gasteiger charge is 2.42. The Bertz CT molecular complexity index is 856. The molecule has 1 saturated carbocycles. The monoisotopic (exact) mass is 399 g/mol. The SMILES string of the molecule is C[C@@H]1CCCC12CCN(c1cnc(Sc3ccnc(Cl)c3C#N)cn1)CC2. The fraction of sp³-hybridized carbons (Fsp3) is 0.500. The minimum atomic E-state index is 0.218. The van der Waals surface area contributed by atoms with Gasteiger partial charge in [0.1, 0.15) is 27.6 Å². The molecule has 3 heterocycles. The number of hydrogen-bond donors (Lipinski definition) is 0. The Labute approximate surface area is 169 Å². The van der Waals surface area contributed by atoms with Gasteiger partial charge in [0.15, 0.2) is 0 Å². The van der Waals surface area contributed by atoms with Gasteiger partial charge in [-0.15, -0.1) is 0 Å². The van der Waals surface area contributed by atoms with Crippen LogP contribution in [0.1, 0.15) is 44.6 Å². The molecule has 1 spiro atoms. The van der Waals surface area contributed by atoms with Crippen LogP contribution in [0.25, 0.3) is 0 Å². The first-order valence-corrected chi connectivity index (χ1v) is 10.6. The van der Waals surface area contributed by atoms with Crippen molar-refractivity contribution >= 4 is 29.2 Å². The van der Waals surface area contributed by atoms with Gasteiger partial charge in [-0.25, -0.2) is 15.0 Å². The number of anilines is 1. The summed E-state index contributed by atoms with van der Waals surface area (Å²) >= 11 is 7.38. The van der Waals surface area contributed by atoms with E-state index in [2.05, 4.69) is 32.8 Å². The summed E-state index contributed by atoms with van der Waals surface area (Å²) in [5, 5.41) is 10.2. The number of rotatable bonds is 3. The van der Waals surface area contributed by atoms with Gasteiger partial charge in [0.2, 0.25) is 0 Å². The summed E-state index contributed by atoms with van der Waals surface area (Å²) in [6, 6.07) is 3.88. The Morgan fingerprint density at radius 2 is 2.04 bits per heavy atom. The van der Waals surface area contributed by atoms with Crippen LogP contribution < -0.4 is 4.90 Å². The Morgan fingerprint density at radius 3 is 2.67 bits per heavy atom. The second-order valence-electron chi connectivity index (χ2n) is 7.54. The normalized spacial score (nSPS) is 21.4. The molecule has 0 unspecified atom stereocenters. The lowest BCUT2D eigenvalue weighted by molar-refractivity contribution is 0.161. The third kappa shape index (κ3) is 3.63. The van der Waals surface area contributed by atoms with E-state index in [0.29, 0.717) is 11.0 Å². The summed E-state index contributed by atoms with van der Waals surface area (Å²) in [5.41, 5.74) is 0.940. The average Bonchev–Trinajstić information content (AvgIpc) is 3.03. The molecule has 0 N–H and O–H groups in total. The summed E-state index contributed by atoms with van der Waals surface area (Å²) in [6.07, 6.45) is 11.9. The topological polar surface area (TPSA) is 65.7 Å². The zero-order chi connectivity index (χ0) is 18.9. The standard InChI is InChI=1S/C20H22ClN5S/c1-14-3-2-5-20(14)6-9-26(10-7-20)17-12-25-18(13-24-17)27-16-4-8-23-19(21)15(16)11-22/h4,8,12-14H,2-3,5-7,9-10H2,1H3/t14-/m1/s1. The molecular weight excluding hydrogens is 378 g/mol. The summed E-state index contributed by atoms with van der Waals surface area (Å²) < 4.78 is 0. The molecule has 0 amide bonds. The number of nitrogens with zero attached hydrogens (tertiary/aromatic N) is 5. The molecule has 2 aromatic heterocycles. The van der Waals surface area contributed by atoms with E-state index in [1.807, 2.05) is 6.20 Å². The molecule has 1 aliphatic heterocycles. The van der Waals surface area contributed by atoms with Crippen LogP contribution in [-0.2, 0) is 0 Å². The molecule has 1 saturated heterocycles. The maximum atomic E-state index is 9.27. The lowest BCUT2D eigenvalue weighted by Crippen LogP contribution is -2.41. The second kappa shape index (κ2) is 7.65. The molecule has 2 fully saturated rings. The van der Waals surface area contributed by atoms with Crippen LogP contribution in [0.4, 0.5) is 5.82 Å². The van der Waals surface area contributed by atoms with E-state index in [0.717, 1.165) is 34.7 Å². The van der Waals surface area contributed by atoms with Crippen molar-refractivity contribution in [3.05, 3.63) is 35.4 Å². The maximum absolute atomic E-state index is 9.27. The smallest absolute Gasteiger partial charge is 0.147 e. The van der Waals surface area contributed by atoms with Gasteiger partial charge in [0.05, 0.1) is 12.4 Å². The minimum absolute atomic E-state index is 0.218. The zero-order valence-corrected chi connectivity index (χ0v) is 16.9. The van der Waals surface area contributed by atoms with Gasteiger partial charge in [0, 0.05) is 24.2 Å².